The number of hydrogen-bond acceptors (Lipinski definition) is 3. The van der Waals surface area contributed by atoms with Crippen LogP contribution in [-0.4, -0.2) is 26.7 Å². The molecule has 2 aliphatic rings. The first-order chi connectivity index (χ1) is 13.7. The van der Waals surface area contributed by atoms with Crippen molar-refractivity contribution in [1.82, 2.24) is 5.32 Å². The SMILES string of the molecule is COc1ccc(CCNC(=O)C2[C@H]3CC/C=C\CC/C=C\CC[C@@H]23)cc1OC. The molecule has 4 nitrogen and oxygen atoms in total. The second-order valence-corrected chi connectivity index (χ2v) is 7.76. The summed E-state index contributed by atoms with van der Waals surface area (Å²) in [6.07, 6.45) is 16.7. The van der Waals surface area contributed by atoms with E-state index in [1.165, 1.54) is 0 Å². The van der Waals surface area contributed by atoms with E-state index in [2.05, 4.69) is 29.6 Å². The third-order valence-corrected chi connectivity index (χ3v) is 5.96. The first-order valence-electron chi connectivity index (χ1n) is 10.5. The molecule has 1 N–H and O–H groups in total. The number of ether oxygens (including phenoxy) is 2. The van der Waals surface area contributed by atoms with Gasteiger partial charge in [0.15, 0.2) is 11.5 Å². The van der Waals surface area contributed by atoms with Gasteiger partial charge in [0.25, 0.3) is 0 Å². The van der Waals surface area contributed by atoms with Crippen LogP contribution in [0.15, 0.2) is 42.5 Å². The van der Waals surface area contributed by atoms with Gasteiger partial charge in [-0.15, -0.1) is 0 Å². The Bertz CT molecular complexity index is 686. The zero-order chi connectivity index (χ0) is 19.8. The molecule has 0 aromatic heterocycles. The summed E-state index contributed by atoms with van der Waals surface area (Å²) in [6.45, 7) is 0.657. The molecule has 152 valence electrons. The molecular weight excluding hydrogens is 350 g/mol. The Kier molecular flexibility index (Phi) is 7.58. The fourth-order valence-electron chi connectivity index (χ4n) is 4.35. The smallest absolute Gasteiger partial charge is 0.223 e. The molecule has 1 aromatic rings. The van der Waals surface area contributed by atoms with Crippen molar-refractivity contribution in [3.8, 4) is 11.5 Å². The minimum atomic E-state index is 0.202. The molecule has 1 fully saturated rings. The molecule has 2 aliphatic carbocycles. The van der Waals surface area contributed by atoms with E-state index in [-0.39, 0.29) is 11.8 Å². The van der Waals surface area contributed by atoms with Crippen LogP contribution in [-0.2, 0) is 11.2 Å². The topological polar surface area (TPSA) is 47.6 Å². The first kappa shape index (κ1) is 20.5. The minimum Gasteiger partial charge on any atom is -0.493 e. The number of benzene rings is 1. The second-order valence-electron chi connectivity index (χ2n) is 7.76. The number of hydrogen-bond donors (Lipinski definition) is 1. The summed E-state index contributed by atoms with van der Waals surface area (Å²) in [4.78, 5) is 12.7. The van der Waals surface area contributed by atoms with Crippen LogP contribution in [0.4, 0.5) is 0 Å². The highest BCUT2D eigenvalue weighted by molar-refractivity contribution is 5.82. The third kappa shape index (κ3) is 5.40. The van der Waals surface area contributed by atoms with Gasteiger partial charge in [-0.3, -0.25) is 4.79 Å². The van der Waals surface area contributed by atoms with Crippen LogP contribution < -0.4 is 14.8 Å². The summed E-state index contributed by atoms with van der Waals surface area (Å²) in [5.74, 6) is 3.00. The Morgan fingerprint density at radius 3 is 2.14 bits per heavy atom. The van der Waals surface area contributed by atoms with E-state index in [4.69, 9.17) is 9.47 Å². The number of fused-ring (bicyclic) bond motifs is 1. The first-order valence-corrected chi connectivity index (χ1v) is 10.5. The van der Waals surface area contributed by atoms with Gasteiger partial charge >= 0.3 is 0 Å². The maximum absolute atomic E-state index is 12.7. The molecule has 0 aliphatic heterocycles. The Hall–Kier alpha value is -2.23. The van der Waals surface area contributed by atoms with Crippen LogP contribution in [0.5, 0.6) is 11.5 Å². The summed E-state index contributed by atoms with van der Waals surface area (Å²) >= 11 is 0. The molecule has 0 heterocycles. The molecule has 1 aromatic carbocycles. The molecule has 1 saturated carbocycles. The Balaban J connectivity index is 1.49. The normalized spacial score (nSPS) is 26.7. The maximum Gasteiger partial charge on any atom is 0.223 e. The Morgan fingerprint density at radius 1 is 0.929 bits per heavy atom. The standard InChI is InChI=1S/C24H33NO3/c1-27-21-14-13-18(17-22(21)28-2)15-16-25-24(26)23-19-11-9-7-5-3-4-6-8-10-12-20(19)23/h5-8,13-14,17,19-20,23H,3-4,9-12,15-16H2,1-2H3,(H,25,26)/b7-5-,8-6-/t19-,20+,23?. The van der Waals surface area contributed by atoms with E-state index >= 15 is 0 Å². The second kappa shape index (κ2) is 10.4. The average molecular weight is 384 g/mol. The van der Waals surface area contributed by atoms with Crippen LogP contribution >= 0.6 is 0 Å². The lowest BCUT2D eigenvalue weighted by atomic mass is 10.1. The zero-order valence-corrected chi connectivity index (χ0v) is 17.2. The quantitative estimate of drug-likeness (QED) is 0.725. The van der Waals surface area contributed by atoms with E-state index in [1.807, 2.05) is 18.2 Å². The van der Waals surface area contributed by atoms with Gasteiger partial charge < -0.3 is 14.8 Å². The predicted octanol–water partition coefficient (Wildman–Crippen LogP) is 4.69. The van der Waals surface area contributed by atoms with Crippen LogP contribution in [0.1, 0.15) is 44.1 Å². The van der Waals surface area contributed by atoms with Crippen molar-refractivity contribution < 1.29 is 14.3 Å². The van der Waals surface area contributed by atoms with Crippen molar-refractivity contribution >= 4 is 5.91 Å². The van der Waals surface area contributed by atoms with Gasteiger partial charge in [0, 0.05) is 12.5 Å². The van der Waals surface area contributed by atoms with E-state index in [0.717, 1.165) is 62.0 Å². The summed E-state index contributed by atoms with van der Waals surface area (Å²) in [7, 11) is 3.28. The summed E-state index contributed by atoms with van der Waals surface area (Å²) < 4.78 is 10.6. The summed E-state index contributed by atoms with van der Waals surface area (Å²) in [5.41, 5.74) is 1.13. The van der Waals surface area contributed by atoms with E-state index in [9.17, 15) is 4.79 Å². The van der Waals surface area contributed by atoms with Gasteiger partial charge in [-0.25, -0.2) is 0 Å². The highest BCUT2D eigenvalue weighted by atomic mass is 16.5. The van der Waals surface area contributed by atoms with Crippen molar-refractivity contribution in [2.45, 2.75) is 44.9 Å². The number of allylic oxidation sites excluding steroid dienone is 4. The Morgan fingerprint density at radius 2 is 1.54 bits per heavy atom. The summed E-state index contributed by atoms with van der Waals surface area (Å²) in [6, 6.07) is 5.92. The van der Waals surface area contributed by atoms with Gasteiger partial charge in [0.2, 0.25) is 5.91 Å². The zero-order valence-electron chi connectivity index (χ0n) is 17.2. The van der Waals surface area contributed by atoms with Gasteiger partial charge in [-0.05, 0) is 74.5 Å². The Labute approximate surface area is 169 Å². The fourth-order valence-corrected chi connectivity index (χ4v) is 4.35. The van der Waals surface area contributed by atoms with Crippen molar-refractivity contribution in [3.05, 3.63) is 48.1 Å². The van der Waals surface area contributed by atoms with Gasteiger partial charge in [0.05, 0.1) is 14.2 Å². The van der Waals surface area contributed by atoms with Gasteiger partial charge in [-0.2, -0.15) is 0 Å². The molecular formula is C24H33NO3. The van der Waals surface area contributed by atoms with Gasteiger partial charge in [-0.1, -0.05) is 30.4 Å². The lowest BCUT2D eigenvalue weighted by Crippen LogP contribution is -2.28. The predicted molar refractivity (Wildman–Crippen MR) is 113 cm³/mol. The van der Waals surface area contributed by atoms with Crippen molar-refractivity contribution in [1.29, 1.82) is 0 Å². The molecule has 4 heteroatoms. The van der Waals surface area contributed by atoms with Crippen molar-refractivity contribution in [2.24, 2.45) is 17.8 Å². The number of carbonyl (C=O) groups is 1. The van der Waals surface area contributed by atoms with E-state index < -0.39 is 0 Å². The summed E-state index contributed by atoms with van der Waals surface area (Å²) in [5, 5.41) is 3.17. The van der Waals surface area contributed by atoms with Crippen LogP contribution in [0, 0.1) is 17.8 Å². The molecule has 1 amide bonds. The molecule has 3 atom stereocenters. The third-order valence-electron chi connectivity index (χ3n) is 5.96. The molecule has 0 saturated heterocycles. The molecule has 0 radical (unpaired) electrons. The number of carbonyl (C=O) groups excluding carboxylic acids is 1. The minimum absolute atomic E-state index is 0.202. The largest absolute Gasteiger partial charge is 0.493 e. The fraction of sp³-hybridized carbons (Fsp3) is 0.542. The van der Waals surface area contributed by atoms with Crippen LogP contribution in [0.25, 0.3) is 0 Å². The number of amides is 1. The number of methoxy groups -OCH3 is 2. The van der Waals surface area contributed by atoms with Crippen molar-refractivity contribution in [3.63, 3.8) is 0 Å². The molecule has 0 spiro atoms. The molecule has 0 bridgehead atoms. The molecule has 3 rings (SSSR count). The lowest BCUT2D eigenvalue weighted by Gasteiger charge is -2.10. The number of rotatable bonds is 6. The van der Waals surface area contributed by atoms with Crippen molar-refractivity contribution in [2.75, 3.05) is 20.8 Å². The van der Waals surface area contributed by atoms with E-state index in [0.29, 0.717) is 18.4 Å². The molecule has 1 unspecified atom stereocenters. The van der Waals surface area contributed by atoms with Gasteiger partial charge in [0.1, 0.15) is 0 Å². The van der Waals surface area contributed by atoms with Crippen LogP contribution in [0.3, 0.4) is 0 Å². The number of nitrogens with one attached hydrogen (secondary N) is 1. The lowest BCUT2D eigenvalue weighted by molar-refractivity contribution is -0.122. The highest BCUT2D eigenvalue weighted by Gasteiger charge is 2.52. The maximum atomic E-state index is 12.7. The van der Waals surface area contributed by atoms with Crippen LogP contribution in [0.2, 0.25) is 0 Å². The highest BCUT2D eigenvalue weighted by Crippen LogP contribution is 2.52. The molecule has 28 heavy (non-hydrogen) atoms. The average Bonchev–Trinajstić information content (AvgIpc) is 3.40. The monoisotopic (exact) mass is 383 g/mol. The van der Waals surface area contributed by atoms with E-state index in [1.54, 1.807) is 14.2 Å².